The third kappa shape index (κ3) is 2.11. The molecule has 0 amide bonds. The van der Waals surface area contributed by atoms with Crippen molar-refractivity contribution in [3.63, 3.8) is 0 Å². The highest BCUT2D eigenvalue weighted by atomic mass is 32.1. The van der Waals surface area contributed by atoms with E-state index in [2.05, 4.69) is 10.2 Å². The first kappa shape index (κ1) is 11.5. The van der Waals surface area contributed by atoms with Crippen molar-refractivity contribution in [2.75, 3.05) is 0 Å². The van der Waals surface area contributed by atoms with Gasteiger partial charge in [0.1, 0.15) is 6.33 Å². The molecule has 0 saturated carbocycles. The van der Waals surface area contributed by atoms with Crippen molar-refractivity contribution in [1.82, 2.24) is 14.8 Å². The van der Waals surface area contributed by atoms with Crippen LogP contribution in [0.3, 0.4) is 0 Å². The van der Waals surface area contributed by atoms with Gasteiger partial charge in [-0.25, -0.2) is 0 Å². The van der Waals surface area contributed by atoms with Crippen LogP contribution in [-0.4, -0.2) is 19.7 Å². The number of hydrogen-bond acceptors (Lipinski definition) is 5. The smallest absolute Gasteiger partial charge is 0.281 e. The van der Waals surface area contributed by atoms with Crippen LogP contribution in [0.5, 0.6) is 0 Å². The standard InChI is InChI=1S/C12H8N4O2S/c17-16(18)11-7-6-10(19-11)12-14-13-8-15(12)9-4-2-1-3-5-9/h1-8H. The van der Waals surface area contributed by atoms with E-state index in [9.17, 15) is 10.1 Å². The average Bonchev–Trinajstić information content (AvgIpc) is 3.08. The van der Waals surface area contributed by atoms with Crippen LogP contribution in [0.1, 0.15) is 0 Å². The molecular weight excluding hydrogens is 264 g/mol. The largest absolute Gasteiger partial charge is 0.324 e. The first-order valence-corrected chi connectivity index (χ1v) is 6.27. The van der Waals surface area contributed by atoms with E-state index >= 15 is 0 Å². The summed E-state index contributed by atoms with van der Waals surface area (Å²) in [6.45, 7) is 0. The van der Waals surface area contributed by atoms with Crippen LogP contribution in [0, 0.1) is 10.1 Å². The molecule has 0 N–H and O–H groups in total. The van der Waals surface area contributed by atoms with Crippen LogP contribution in [0.25, 0.3) is 16.4 Å². The number of nitro groups is 1. The number of para-hydroxylation sites is 1. The Morgan fingerprint density at radius 2 is 1.95 bits per heavy atom. The molecule has 1 aromatic carbocycles. The molecule has 3 rings (SSSR count). The Balaban J connectivity index is 2.07. The van der Waals surface area contributed by atoms with E-state index in [0.717, 1.165) is 17.0 Å². The van der Waals surface area contributed by atoms with Gasteiger partial charge >= 0.3 is 5.00 Å². The topological polar surface area (TPSA) is 73.8 Å². The van der Waals surface area contributed by atoms with Crippen LogP contribution < -0.4 is 0 Å². The normalized spacial score (nSPS) is 10.5. The summed E-state index contributed by atoms with van der Waals surface area (Å²) in [5.41, 5.74) is 0.915. The maximum absolute atomic E-state index is 10.7. The third-order valence-corrected chi connectivity index (χ3v) is 3.61. The van der Waals surface area contributed by atoms with Gasteiger partial charge in [0, 0.05) is 11.8 Å². The molecule has 0 spiro atoms. The predicted molar refractivity (Wildman–Crippen MR) is 71.3 cm³/mol. The SMILES string of the molecule is O=[N+]([O-])c1ccc(-c2nncn2-c2ccccc2)s1. The highest BCUT2D eigenvalue weighted by Crippen LogP contribution is 2.32. The van der Waals surface area contributed by atoms with Gasteiger partial charge in [-0.2, -0.15) is 0 Å². The molecular formula is C12H8N4O2S. The van der Waals surface area contributed by atoms with E-state index in [1.54, 1.807) is 17.0 Å². The van der Waals surface area contributed by atoms with Crippen molar-refractivity contribution in [3.8, 4) is 16.4 Å². The summed E-state index contributed by atoms with van der Waals surface area (Å²) in [6.07, 6.45) is 1.59. The second-order valence-electron chi connectivity index (χ2n) is 3.76. The minimum atomic E-state index is -0.405. The molecule has 0 bridgehead atoms. The summed E-state index contributed by atoms with van der Waals surface area (Å²) in [5, 5.41) is 18.7. The highest BCUT2D eigenvalue weighted by Gasteiger charge is 2.15. The summed E-state index contributed by atoms with van der Waals surface area (Å²) in [5.74, 6) is 0.601. The van der Waals surface area contributed by atoms with Crippen LogP contribution in [0.2, 0.25) is 0 Å². The van der Waals surface area contributed by atoms with Crippen molar-refractivity contribution in [1.29, 1.82) is 0 Å². The van der Waals surface area contributed by atoms with E-state index in [0.29, 0.717) is 10.7 Å². The van der Waals surface area contributed by atoms with Crippen molar-refractivity contribution in [3.05, 3.63) is 58.9 Å². The monoisotopic (exact) mass is 272 g/mol. The van der Waals surface area contributed by atoms with Crippen LogP contribution in [-0.2, 0) is 0 Å². The average molecular weight is 272 g/mol. The molecule has 0 atom stereocenters. The lowest BCUT2D eigenvalue weighted by molar-refractivity contribution is -0.380. The van der Waals surface area contributed by atoms with Gasteiger partial charge in [0.15, 0.2) is 5.82 Å². The number of nitrogens with zero attached hydrogens (tertiary/aromatic N) is 4. The lowest BCUT2D eigenvalue weighted by Gasteiger charge is -2.03. The van der Waals surface area contributed by atoms with Crippen molar-refractivity contribution in [2.45, 2.75) is 0 Å². The molecule has 7 heteroatoms. The maximum Gasteiger partial charge on any atom is 0.324 e. The Morgan fingerprint density at radius 1 is 1.16 bits per heavy atom. The van der Waals surface area contributed by atoms with Crippen molar-refractivity contribution in [2.24, 2.45) is 0 Å². The molecule has 3 aromatic rings. The molecule has 0 aliphatic carbocycles. The van der Waals surface area contributed by atoms with Crippen molar-refractivity contribution < 1.29 is 4.92 Å². The lowest BCUT2D eigenvalue weighted by Crippen LogP contribution is -1.94. The zero-order valence-electron chi connectivity index (χ0n) is 9.63. The van der Waals surface area contributed by atoms with Gasteiger partial charge in [-0.05, 0) is 18.2 Å². The fraction of sp³-hybridized carbons (Fsp3) is 0. The molecule has 0 aliphatic rings. The zero-order valence-corrected chi connectivity index (χ0v) is 10.4. The Bertz CT molecular complexity index is 720. The van der Waals surface area contributed by atoms with Gasteiger partial charge < -0.3 is 0 Å². The van der Waals surface area contributed by atoms with Gasteiger partial charge in [0.05, 0.1) is 9.80 Å². The van der Waals surface area contributed by atoms with Gasteiger partial charge in [0.2, 0.25) is 0 Å². The number of hydrogen-bond donors (Lipinski definition) is 0. The Kier molecular flexibility index (Phi) is 2.81. The summed E-state index contributed by atoms with van der Waals surface area (Å²) in [4.78, 5) is 11.0. The highest BCUT2D eigenvalue weighted by molar-refractivity contribution is 7.18. The van der Waals surface area contributed by atoms with Gasteiger partial charge in [-0.1, -0.05) is 29.5 Å². The first-order chi connectivity index (χ1) is 9.25. The summed E-state index contributed by atoms with van der Waals surface area (Å²) < 4.78 is 1.80. The summed E-state index contributed by atoms with van der Waals surface area (Å²) in [7, 11) is 0. The van der Waals surface area contributed by atoms with Crippen LogP contribution in [0.15, 0.2) is 48.8 Å². The van der Waals surface area contributed by atoms with Gasteiger partial charge in [-0.3, -0.25) is 14.7 Å². The fourth-order valence-electron chi connectivity index (χ4n) is 1.73. The molecule has 0 saturated heterocycles. The molecule has 0 unspecified atom stereocenters. The van der Waals surface area contributed by atoms with Gasteiger partial charge in [-0.15, -0.1) is 10.2 Å². The second kappa shape index (κ2) is 4.62. The van der Waals surface area contributed by atoms with E-state index in [1.165, 1.54) is 6.07 Å². The second-order valence-corrected chi connectivity index (χ2v) is 4.82. The fourth-order valence-corrected chi connectivity index (χ4v) is 2.53. The Labute approximate surface area is 112 Å². The Hall–Kier alpha value is -2.54. The molecule has 19 heavy (non-hydrogen) atoms. The van der Waals surface area contributed by atoms with Crippen LogP contribution >= 0.6 is 11.3 Å². The third-order valence-electron chi connectivity index (χ3n) is 2.57. The number of aromatic nitrogens is 3. The molecule has 0 aliphatic heterocycles. The predicted octanol–water partition coefficient (Wildman–Crippen LogP) is 2.90. The van der Waals surface area contributed by atoms with E-state index in [4.69, 9.17) is 0 Å². The first-order valence-electron chi connectivity index (χ1n) is 5.46. The molecule has 94 valence electrons. The quantitative estimate of drug-likeness (QED) is 0.542. The number of thiophene rings is 1. The van der Waals surface area contributed by atoms with Crippen LogP contribution in [0.4, 0.5) is 5.00 Å². The maximum atomic E-state index is 10.7. The van der Waals surface area contributed by atoms with E-state index in [-0.39, 0.29) is 5.00 Å². The molecule has 6 nitrogen and oxygen atoms in total. The van der Waals surface area contributed by atoms with E-state index in [1.807, 2.05) is 30.3 Å². The van der Waals surface area contributed by atoms with Crippen molar-refractivity contribution >= 4 is 16.3 Å². The molecule has 2 heterocycles. The number of rotatable bonds is 3. The number of benzene rings is 1. The summed E-state index contributed by atoms with van der Waals surface area (Å²) >= 11 is 1.09. The minimum absolute atomic E-state index is 0.0950. The minimum Gasteiger partial charge on any atom is -0.281 e. The lowest BCUT2D eigenvalue weighted by atomic mass is 10.3. The molecule has 0 radical (unpaired) electrons. The molecule has 2 aromatic heterocycles. The zero-order chi connectivity index (χ0) is 13.2. The van der Waals surface area contributed by atoms with E-state index < -0.39 is 4.92 Å². The molecule has 0 fully saturated rings. The Morgan fingerprint density at radius 3 is 2.63 bits per heavy atom. The summed E-state index contributed by atoms with van der Waals surface area (Å²) in [6, 6.07) is 12.8. The van der Waals surface area contributed by atoms with Gasteiger partial charge in [0.25, 0.3) is 0 Å².